The topological polar surface area (TPSA) is 35.5 Å². The Morgan fingerprint density at radius 3 is 2.63 bits per heavy atom. The first kappa shape index (κ1) is 16.9. The molecule has 0 radical (unpaired) electrons. The molecule has 19 heavy (non-hydrogen) atoms. The lowest BCUT2D eigenvalue weighted by Crippen LogP contribution is -2.46. The smallest absolute Gasteiger partial charge is 0.0586 e. The number of likely N-dealkylation sites (tertiary alicyclic amines) is 1. The highest BCUT2D eigenvalue weighted by atomic mass is 16.3. The van der Waals surface area contributed by atoms with Gasteiger partial charge in [0.15, 0.2) is 0 Å². The molecule has 1 heterocycles. The fraction of sp³-hybridized carbons (Fsp3) is 1.00. The fourth-order valence-electron chi connectivity index (χ4n) is 2.96. The summed E-state index contributed by atoms with van der Waals surface area (Å²) in [6.07, 6.45) is 5.03. The summed E-state index contributed by atoms with van der Waals surface area (Å²) in [4.78, 5) is 2.52. The van der Waals surface area contributed by atoms with Crippen LogP contribution >= 0.6 is 0 Å². The molecule has 1 aliphatic rings. The van der Waals surface area contributed by atoms with Gasteiger partial charge < -0.3 is 10.4 Å². The molecule has 0 saturated carbocycles. The van der Waals surface area contributed by atoms with Gasteiger partial charge in [0.05, 0.1) is 6.61 Å². The largest absolute Gasteiger partial charge is 0.395 e. The monoisotopic (exact) mass is 270 g/mol. The van der Waals surface area contributed by atoms with Crippen LogP contribution in [0.3, 0.4) is 0 Å². The van der Waals surface area contributed by atoms with Gasteiger partial charge in [-0.1, -0.05) is 40.5 Å². The summed E-state index contributed by atoms with van der Waals surface area (Å²) in [6.45, 7) is 13.9. The van der Waals surface area contributed by atoms with Gasteiger partial charge in [-0.05, 0) is 37.3 Å². The molecule has 1 fully saturated rings. The highest BCUT2D eigenvalue weighted by molar-refractivity contribution is 4.82. The maximum Gasteiger partial charge on any atom is 0.0586 e. The molecule has 114 valence electrons. The van der Waals surface area contributed by atoms with Crippen molar-refractivity contribution in [3.63, 3.8) is 0 Å². The van der Waals surface area contributed by atoms with Crippen molar-refractivity contribution in [3.8, 4) is 0 Å². The van der Waals surface area contributed by atoms with Gasteiger partial charge in [0.1, 0.15) is 0 Å². The van der Waals surface area contributed by atoms with Crippen LogP contribution in [0.15, 0.2) is 0 Å². The van der Waals surface area contributed by atoms with Crippen molar-refractivity contribution < 1.29 is 5.11 Å². The molecule has 0 aromatic heterocycles. The van der Waals surface area contributed by atoms with E-state index in [1.807, 2.05) is 0 Å². The standard InChI is InChI=1S/C16H34N2O/c1-14(2)10-17-12-16(3,4)13-18-9-7-5-6-8-15(18)11-19/h14-15,17,19H,5-13H2,1-4H3. The van der Waals surface area contributed by atoms with E-state index in [4.69, 9.17) is 0 Å². The lowest BCUT2D eigenvalue weighted by atomic mass is 9.91. The van der Waals surface area contributed by atoms with Crippen LogP contribution in [-0.4, -0.2) is 48.8 Å². The third-order valence-corrected chi connectivity index (χ3v) is 4.00. The molecule has 2 N–H and O–H groups in total. The van der Waals surface area contributed by atoms with E-state index in [0.29, 0.717) is 18.6 Å². The molecule has 0 bridgehead atoms. The predicted octanol–water partition coefficient (Wildman–Crippen LogP) is 2.50. The van der Waals surface area contributed by atoms with Gasteiger partial charge in [-0.15, -0.1) is 0 Å². The van der Waals surface area contributed by atoms with E-state index in [1.54, 1.807) is 0 Å². The predicted molar refractivity (Wildman–Crippen MR) is 82.4 cm³/mol. The fourth-order valence-corrected chi connectivity index (χ4v) is 2.96. The summed E-state index contributed by atoms with van der Waals surface area (Å²) in [5, 5.41) is 13.1. The van der Waals surface area contributed by atoms with E-state index in [0.717, 1.165) is 32.6 Å². The normalized spacial score (nSPS) is 22.7. The van der Waals surface area contributed by atoms with Crippen molar-refractivity contribution in [1.29, 1.82) is 0 Å². The zero-order valence-corrected chi connectivity index (χ0v) is 13.4. The van der Waals surface area contributed by atoms with Gasteiger partial charge in [-0.2, -0.15) is 0 Å². The molecule has 1 aliphatic heterocycles. The number of nitrogens with zero attached hydrogens (tertiary/aromatic N) is 1. The summed E-state index contributed by atoms with van der Waals surface area (Å²) in [5.74, 6) is 0.708. The summed E-state index contributed by atoms with van der Waals surface area (Å²) in [5.41, 5.74) is 0.270. The maximum absolute atomic E-state index is 9.57. The Balaban J connectivity index is 2.44. The highest BCUT2D eigenvalue weighted by Gasteiger charge is 2.27. The summed E-state index contributed by atoms with van der Waals surface area (Å²) < 4.78 is 0. The Morgan fingerprint density at radius 1 is 1.26 bits per heavy atom. The summed E-state index contributed by atoms with van der Waals surface area (Å²) in [6, 6.07) is 0.381. The molecular weight excluding hydrogens is 236 g/mol. The van der Waals surface area contributed by atoms with Crippen LogP contribution in [0.4, 0.5) is 0 Å². The molecule has 3 nitrogen and oxygen atoms in total. The van der Waals surface area contributed by atoms with E-state index < -0.39 is 0 Å². The Morgan fingerprint density at radius 2 is 2.00 bits per heavy atom. The van der Waals surface area contributed by atoms with Crippen molar-refractivity contribution in [2.75, 3.05) is 32.8 Å². The molecule has 1 saturated heterocycles. The summed E-state index contributed by atoms with van der Waals surface area (Å²) >= 11 is 0. The molecule has 0 aromatic carbocycles. The lowest BCUT2D eigenvalue weighted by Gasteiger charge is -2.36. The molecule has 1 atom stereocenters. The van der Waals surface area contributed by atoms with Crippen molar-refractivity contribution in [1.82, 2.24) is 10.2 Å². The second kappa shape index (κ2) is 8.23. The molecule has 3 heteroatoms. The van der Waals surface area contributed by atoms with E-state index in [9.17, 15) is 5.11 Å². The SMILES string of the molecule is CC(C)CNCC(C)(C)CN1CCCCCC1CO. The Bertz CT molecular complexity index is 241. The number of nitrogens with one attached hydrogen (secondary N) is 1. The van der Waals surface area contributed by atoms with Gasteiger partial charge in [-0.25, -0.2) is 0 Å². The molecule has 1 unspecified atom stereocenters. The van der Waals surface area contributed by atoms with Crippen LogP contribution in [0.5, 0.6) is 0 Å². The average Bonchev–Trinajstić information content (AvgIpc) is 2.52. The average molecular weight is 270 g/mol. The number of rotatable bonds is 7. The molecule has 0 aliphatic carbocycles. The van der Waals surface area contributed by atoms with Crippen molar-refractivity contribution >= 4 is 0 Å². The van der Waals surface area contributed by atoms with Crippen molar-refractivity contribution in [3.05, 3.63) is 0 Å². The third-order valence-electron chi connectivity index (χ3n) is 4.00. The second-order valence-corrected chi connectivity index (χ2v) is 7.35. The molecule has 0 spiro atoms. The van der Waals surface area contributed by atoms with Gasteiger partial charge in [-0.3, -0.25) is 4.90 Å². The van der Waals surface area contributed by atoms with Crippen LogP contribution < -0.4 is 5.32 Å². The number of hydrogen-bond donors (Lipinski definition) is 2. The number of hydrogen-bond acceptors (Lipinski definition) is 3. The quantitative estimate of drug-likeness (QED) is 0.746. The van der Waals surface area contributed by atoms with Gasteiger partial charge in [0, 0.05) is 19.1 Å². The minimum atomic E-state index is 0.270. The van der Waals surface area contributed by atoms with Gasteiger partial charge in [0.2, 0.25) is 0 Å². The van der Waals surface area contributed by atoms with Crippen LogP contribution in [-0.2, 0) is 0 Å². The van der Waals surface area contributed by atoms with Crippen LogP contribution in [0, 0.1) is 11.3 Å². The first-order valence-electron chi connectivity index (χ1n) is 8.00. The Kier molecular flexibility index (Phi) is 7.33. The highest BCUT2D eigenvalue weighted by Crippen LogP contribution is 2.22. The maximum atomic E-state index is 9.57. The Hall–Kier alpha value is -0.120. The van der Waals surface area contributed by atoms with Crippen LogP contribution in [0.1, 0.15) is 53.4 Å². The molecule has 0 aromatic rings. The van der Waals surface area contributed by atoms with Gasteiger partial charge in [0.25, 0.3) is 0 Å². The summed E-state index contributed by atoms with van der Waals surface area (Å²) in [7, 11) is 0. The minimum absolute atomic E-state index is 0.270. The number of aliphatic hydroxyl groups is 1. The zero-order chi connectivity index (χ0) is 14.3. The van der Waals surface area contributed by atoms with Crippen molar-refractivity contribution in [2.24, 2.45) is 11.3 Å². The molecular formula is C16H34N2O. The number of aliphatic hydroxyl groups excluding tert-OH is 1. The lowest BCUT2D eigenvalue weighted by molar-refractivity contribution is 0.0860. The second-order valence-electron chi connectivity index (χ2n) is 7.35. The zero-order valence-electron chi connectivity index (χ0n) is 13.4. The molecule has 1 rings (SSSR count). The van der Waals surface area contributed by atoms with E-state index >= 15 is 0 Å². The third kappa shape index (κ3) is 6.73. The molecule has 0 amide bonds. The minimum Gasteiger partial charge on any atom is -0.395 e. The van der Waals surface area contributed by atoms with Crippen molar-refractivity contribution in [2.45, 2.75) is 59.4 Å². The van der Waals surface area contributed by atoms with E-state index in [-0.39, 0.29) is 5.41 Å². The Labute approximate surface area is 119 Å². The van der Waals surface area contributed by atoms with Crippen LogP contribution in [0.2, 0.25) is 0 Å². The van der Waals surface area contributed by atoms with Crippen LogP contribution in [0.25, 0.3) is 0 Å². The van der Waals surface area contributed by atoms with Gasteiger partial charge >= 0.3 is 0 Å². The van der Waals surface area contributed by atoms with E-state index in [2.05, 4.69) is 37.9 Å². The van der Waals surface area contributed by atoms with E-state index in [1.165, 1.54) is 19.3 Å². The first-order valence-corrected chi connectivity index (χ1v) is 8.00. The first-order chi connectivity index (χ1) is 8.94.